The topological polar surface area (TPSA) is 119 Å². The van der Waals surface area contributed by atoms with E-state index in [9.17, 15) is 9.59 Å². The fourth-order valence-electron chi connectivity index (χ4n) is 2.87. The maximum absolute atomic E-state index is 12.1. The van der Waals surface area contributed by atoms with Gasteiger partial charge in [-0.25, -0.2) is 14.5 Å². The summed E-state index contributed by atoms with van der Waals surface area (Å²) in [6.07, 6.45) is 1.59. The fourth-order valence-corrected chi connectivity index (χ4v) is 2.87. The van der Waals surface area contributed by atoms with Gasteiger partial charge >= 0.3 is 12.1 Å². The van der Waals surface area contributed by atoms with Gasteiger partial charge in [0.2, 0.25) is 0 Å². The number of anilines is 1. The number of rotatable bonds is 6. The first-order valence-electron chi connectivity index (χ1n) is 9.83. The first-order valence-corrected chi connectivity index (χ1v) is 9.83. The predicted octanol–water partition coefficient (Wildman–Crippen LogP) is 3.14. The highest BCUT2D eigenvalue weighted by atomic mass is 16.6. The molecule has 2 N–H and O–H groups in total. The second-order valence-corrected chi connectivity index (χ2v) is 7.59. The summed E-state index contributed by atoms with van der Waals surface area (Å²) in [5, 5.41) is 19.8. The number of hydrogen-bond donors (Lipinski definition) is 2. The highest BCUT2D eigenvalue weighted by Crippen LogP contribution is 2.48. The molecular weight excluding hydrogens is 386 g/mol. The van der Waals surface area contributed by atoms with Gasteiger partial charge in [0.15, 0.2) is 11.5 Å². The van der Waals surface area contributed by atoms with Gasteiger partial charge in [0, 0.05) is 18.0 Å². The van der Waals surface area contributed by atoms with Crippen LogP contribution in [0.1, 0.15) is 50.8 Å². The van der Waals surface area contributed by atoms with Crippen molar-refractivity contribution < 1.29 is 19.4 Å². The van der Waals surface area contributed by atoms with E-state index in [1.165, 1.54) is 4.68 Å². The third kappa shape index (κ3) is 4.95. The van der Waals surface area contributed by atoms with Crippen molar-refractivity contribution in [1.82, 2.24) is 20.0 Å². The number of carbonyl (C=O) groups excluding carboxylic acids is 1. The maximum Gasteiger partial charge on any atom is 0.413 e. The number of aryl methyl sites for hydroxylation is 2. The Morgan fingerprint density at radius 1 is 1.40 bits per heavy atom. The van der Waals surface area contributed by atoms with Gasteiger partial charge in [0.05, 0.1) is 17.8 Å². The van der Waals surface area contributed by atoms with Crippen LogP contribution in [-0.2, 0) is 16.6 Å². The number of carbonyl (C=O) groups is 2. The molecule has 2 heterocycles. The Morgan fingerprint density at radius 2 is 2.13 bits per heavy atom. The zero-order chi connectivity index (χ0) is 21.9. The van der Waals surface area contributed by atoms with E-state index in [0.717, 1.165) is 18.4 Å². The molecular formula is C21H25N5O4. The van der Waals surface area contributed by atoms with Crippen molar-refractivity contribution in [3.8, 4) is 23.2 Å². The maximum atomic E-state index is 12.1. The zero-order valence-electron chi connectivity index (χ0n) is 17.5. The lowest BCUT2D eigenvalue weighted by Gasteiger charge is -2.12. The monoisotopic (exact) mass is 411 g/mol. The van der Waals surface area contributed by atoms with Crippen LogP contribution in [0.3, 0.4) is 0 Å². The molecule has 1 aliphatic rings. The van der Waals surface area contributed by atoms with Crippen molar-refractivity contribution in [2.24, 2.45) is 12.5 Å². The van der Waals surface area contributed by atoms with Gasteiger partial charge < -0.3 is 9.84 Å². The number of amides is 1. The van der Waals surface area contributed by atoms with E-state index in [0.29, 0.717) is 29.3 Å². The van der Waals surface area contributed by atoms with Gasteiger partial charge in [-0.15, -0.1) is 5.10 Å². The Balaban J connectivity index is 1.81. The number of hydrogen-bond acceptors (Lipinski definition) is 6. The number of ether oxygens (including phenoxy) is 1. The van der Waals surface area contributed by atoms with Crippen LogP contribution in [0, 0.1) is 24.2 Å². The van der Waals surface area contributed by atoms with Crippen LogP contribution < -0.4 is 5.32 Å². The molecule has 3 rings (SSSR count). The number of aromatic nitrogens is 4. The van der Waals surface area contributed by atoms with Crippen LogP contribution in [0.25, 0.3) is 11.4 Å². The molecule has 0 unspecified atom stereocenters. The largest absolute Gasteiger partial charge is 0.481 e. The lowest BCUT2D eigenvalue weighted by molar-refractivity contribution is -0.137. The Hall–Kier alpha value is -3.41. The van der Waals surface area contributed by atoms with Crippen LogP contribution in [0.4, 0.5) is 10.6 Å². The van der Waals surface area contributed by atoms with Crippen LogP contribution in [-0.4, -0.2) is 43.3 Å². The van der Waals surface area contributed by atoms with Gasteiger partial charge in [-0.2, -0.15) is 0 Å². The molecule has 30 heavy (non-hydrogen) atoms. The molecule has 0 bridgehead atoms. The molecule has 1 aliphatic carbocycles. The van der Waals surface area contributed by atoms with Crippen LogP contribution in [0.15, 0.2) is 12.1 Å². The van der Waals surface area contributed by atoms with Crippen molar-refractivity contribution in [3.63, 3.8) is 0 Å². The summed E-state index contributed by atoms with van der Waals surface area (Å²) in [5.41, 5.74) is 1.96. The molecule has 1 fully saturated rings. The normalized spacial score (nSPS) is 14.9. The molecule has 2 aromatic rings. The number of nitrogens with zero attached hydrogens (tertiary/aromatic N) is 4. The third-order valence-corrected chi connectivity index (χ3v) is 5.06. The van der Waals surface area contributed by atoms with Crippen molar-refractivity contribution >= 4 is 17.9 Å². The van der Waals surface area contributed by atoms with Crippen molar-refractivity contribution in [2.75, 3.05) is 5.32 Å². The standard InChI is InChI=1S/C21H25N5O4/c1-5-13(2)30-20(29)23-19-18(24-25-26(19)4)16-7-6-15(14(3)22-16)8-9-21(10-11-21)12-17(27)28/h6-7,13H,5,10-12H2,1-4H3,(H,23,29)(H,27,28)/t13-/m1/s1. The molecule has 2 aromatic heterocycles. The van der Waals surface area contributed by atoms with E-state index < -0.39 is 17.5 Å². The summed E-state index contributed by atoms with van der Waals surface area (Å²) < 4.78 is 6.70. The SMILES string of the molecule is CC[C@@H](C)OC(=O)Nc1c(-c2ccc(C#CC3(CC(=O)O)CC3)c(C)n2)nnn1C. The van der Waals surface area contributed by atoms with E-state index >= 15 is 0 Å². The summed E-state index contributed by atoms with van der Waals surface area (Å²) in [5.74, 6) is 5.73. The number of nitrogens with one attached hydrogen (secondary N) is 1. The minimum atomic E-state index is -0.832. The molecule has 9 heteroatoms. The first-order chi connectivity index (χ1) is 14.2. The molecule has 1 atom stereocenters. The van der Waals surface area contributed by atoms with Crippen molar-refractivity contribution in [2.45, 2.75) is 52.6 Å². The fraction of sp³-hybridized carbons (Fsp3) is 0.476. The van der Waals surface area contributed by atoms with E-state index in [2.05, 4.69) is 32.5 Å². The molecule has 0 saturated heterocycles. The predicted molar refractivity (Wildman–Crippen MR) is 110 cm³/mol. The van der Waals surface area contributed by atoms with Gasteiger partial charge in [-0.1, -0.05) is 24.0 Å². The summed E-state index contributed by atoms with van der Waals surface area (Å²) in [7, 11) is 1.67. The summed E-state index contributed by atoms with van der Waals surface area (Å²) >= 11 is 0. The molecule has 158 valence electrons. The average Bonchev–Trinajstić information content (AvgIpc) is 3.35. The molecule has 0 spiro atoms. The van der Waals surface area contributed by atoms with E-state index in [1.54, 1.807) is 13.1 Å². The Bertz CT molecular complexity index is 1030. The van der Waals surface area contributed by atoms with Gasteiger partial charge in [-0.3, -0.25) is 10.1 Å². The van der Waals surface area contributed by atoms with E-state index in [-0.39, 0.29) is 12.5 Å². The molecule has 0 aromatic carbocycles. The quantitative estimate of drug-likeness (QED) is 0.701. The summed E-state index contributed by atoms with van der Waals surface area (Å²) in [4.78, 5) is 27.7. The Morgan fingerprint density at radius 3 is 2.73 bits per heavy atom. The highest BCUT2D eigenvalue weighted by Gasteiger charge is 2.43. The van der Waals surface area contributed by atoms with Crippen LogP contribution in [0.2, 0.25) is 0 Å². The second kappa shape index (κ2) is 8.53. The van der Waals surface area contributed by atoms with Gasteiger partial charge in [-0.05, 0) is 45.2 Å². The Kier molecular flexibility index (Phi) is 6.06. The van der Waals surface area contributed by atoms with E-state index in [1.807, 2.05) is 26.8 Å². The molecule has 9 nitrogen and oxygen atoms in total. The van der Waals surface area contributed by atoms with Crippen LogP contribution in [0.5, 0.6) is 0 Å². The number of pyridine rings is 1. The minimum Gasteiger partial charge on any atom is -0.481 e. The van der Waals surface area contributed by atoms with Gasteiger partial charge in [0.1, 0.15) is 6.10 Å². The van der Waals surface area contributed by atoms with Crippen molar-refractivity contribution in [3.05, 3.63) is 23.4 Å². The molecule has 1 saturated carbocycles. The van der Waals surface area contributed by atoms with Crippen LogP contribution >= 0.6 is 0 Å². The number of aliphatic carboxylic acids is 1. The van der Waals surface area contributed by atoms with Gasteiger partial charge in [0.25, 0.3) is 0 Å². The first kappa shape index (κ1) is 21.3. The Labute approximate surface area is 174 Å². The molecule has 0 radical (unpaired) electrons. The summed E-state index contributed by atoms with van der Waals surface area (Å²) in [6.45, 7) is 5.57. The minimum absolute atomic E-state index is 0.0615. The third-order valence-electron chi connectivity index (χ3n) is 5.06. The smallest absolute Gasteiger partial charge is 0.413 e. The lowest BCUT2D eigenvalue weighted by Crippen LogP contribution is -2.21. The van der Waals surface area contributed by atoms with E-state index in [4.69, 9.17) is 9.84 Å². The second-order valence-electron chi connectivity index (χ2n) is 7.59. The summed E-state index contributed by atoms with van der Waals surface area (Å²) in [6, 6.07) is 3.57. The number of carboxylic acids is 1. The zero-order valence-corrected chi connectivity index (χ0v) is 17.5. The average molecular weight is 411 g/mol. The highest BCUT2D eigenvalue weighted by molar-refractivity contribution is 5.88. The lowest BCUT2D eigenvalue weighted by atomic mass is 10.0. The molecule has 0 aliphatic heterocycles. The van der Waals surface area contributed by atoms with Crippen molar-refractivity contribution in [1.29, 1.82) is 0 Å². The number of carboxylic acid groups (broad SMARTS) is 1. The molecule has 1 amide bonds.